The lowest BCUT2D eigenvalue weighted by Crippen LogP contribution is -2.31. The van der Waals surface area contributed by atoms with Crippen molar-refractivity contribution in [3.05, 3.63) is 46.2 Å². The van der Waals surface area contributed by atoms with Crippen LogP contribution in [0.15, 0.2) is 35.0 Å². The summed E-state index contributed by atoms with van der Waals surface area (Å²) in [4.78, 5) is 14.6. The van der Waals surface area contributed by atoms with Gasteiger partial charge in [-0.05, 0) is 47.0 Å². The van der Waals surface area contributed by atoms with Crippen molar-refractivity contribution in [2.45, 2.75) is 19.9 Å². The maximum absolute atomic E-state index is 12.7. The Morgan fingerprint density at radius 2 is 2.10 bits per heavy atom. The topological polar surface area (TPSA) is 46.1 Å². The quantitative estimate of drug-likeness (QED) is 0.719. The van der Waals surface area contributed by atoms with Gasteiger partial charge in [-0.1, -0.05) is 6.92 Å². The van der Waals surface area contributed by atoms with Gasteiger partial charge in [-0.15, -0.1) is 0 Å². The highest BCUT2D eigenvalue weighted by atomic mass is 32.1. The van der Waals surface area contributed by atoms with Crippen LogP contribution in [0.25, 0.3) is 11.0 Å². The van der Waals surface area contributed by atoms with Crippen LogP contribution in [-0.2, 0) is 6.54 Å². The molecule has 2 heterocycles. The van der Waals surface area contributed by atoms with E-state index in [1.807, 2.05) is 28.5 Å². The van der Waals surface area contributed by atoms with Gasteiger partial charge in [0.05, 0.1) is 11.7 Å². The van der Waals surface area contributed by atoms with E-state index in [2.05, 4.69) is 27.1 Å². The average molecular weight is 317 g/mol. The Kier molecular flexibility index (Phi) is 4.26. The van der Waals surface area contributed by atoms with Crippen molar-refractivity contribution >= 4 is 40.0 Å². The van der Waals surface area contributed by atoms with Crippen LogP contribution in [0, 0.1) is 0 Å². The molecule has 21 heavy (non-hydrogen) atoms. The monoisotopic (exact) mass is 317 g/mol. The summed E-state index contributed by atoms with van der Waals surface area (Å²) >= 11 is 2.83. The first-order chi connectivity index (χ1) is 10.3. The van der Waals surface area contributed by atoms with E-state index in [1.54, 1.807) is 11.3 Å². The van der Waals surface area contributed by atoms with E-state index in [-0.39, 0.29) is 5.91 Å². The molecule has 0 radical (unpaired) electrons. The van der Waals surface area contributed by atoms with Crippen LogP contribution in [0.2, 0.25) is 0 Å². The number of hydrogen-bond acceptors (Lipinski definition) is 5. The Balaban J connectivity index is 1.85. The maximum Gasteiger partial charge on any atom is 0.254 e. The van der Waals surface area contributed by atoms with Gasteiger partial charge in [0.25, 0.3) is 5.91 Å². The van der Waals surface area contributed by atoms with Gasteiger partial charge >= 0.3 is 0 Å². The van der Waals surface area contributed by atoms with E-state index < -0.39 is 0 Å². The van der Waals surface area contributed by atoms with Crippen LogP contribution in [0.1, 0.15) is 29.3 Å². The zero-order valence-electron chi connectivity index (χ0n) is 11.7. The predicted octanol–water partition coefficient (Wildman–Crippen LogP) is 3.81. The molecule has 1 aromatic carbocycles. The second-order valence-corrected chi connectivity index (χ2v) is 6.13. The molecule has 0 unspecified atom stereocenters. The number of rotatable bonds is 5. The molecule has 0 aliphatic carbocycles. The molecule has 0 aliphatic heterocycles. The van der Waals surface area contributed by atoms with Crippen molar-refractivity contribution in [1.82, 2.24) is 13.6 Å². The number of aromatic nitrogens is 2. The molecule has 0 aliphatic rings. The van der Waals surface area contributed by atoms with Gasteiger partial charge in [0.1, 0.15) is 11.0 Å². The maximum atomic E-state index is 12.7. The lowest BCUT2D eigenvalue weighted by Gasteiger charge is -2.21. The fourth-order valence-corrected chi connectivity index (χ4v) is 3.40. The molecule has 6 heteroatoms. The molecule has 2 aromatic heterocycles. The summed E-state index contributed by atoms with van der Waals surface area (Å²) in [6, 6.07) is 7.59. The SMILES string of the molecule is CCCN(Cc1ccsc1)C(=O)c1ccc2nsnc2c1. The summed E-state index contributed by atoms with van der Waals surface area (Å²) in [5.41, 5.74) is 3.49. The minimum Gasteiger partial charge on any atom is -0.334 e. The Morgan fingerprint density at radius 3 is 2.86 bits per heavy atom. The lowest BCUT2D eigenvalue weighted by atomic mass is 10.1. The van der Waals surface area contributed by atoms with E-state index in [0.29, 0.717) is 12.1 Å². The van der Waals surface area contributed by atoms with Crippen LogP contribution < -0.4 is 0 Å². The fraction of sp³-hybridized carbons (Fsp3) is 0.267. The van der Waals surface area contributed by atoms with Crippen LogP contribution >= 0.6 is 23.1 Å². The van der Waals surface area contributed by atoms with Crippen LogP contribution in [-0.4, -0.2) is 26.1 Å². The van der Waals surface area contributed by atoms with Gasteiger partial charge in [-0.2, -0.15) is 20.1 Å². The van der Waals surface area contributed by atoms with E-state index in [1.165, 1.54) is 17.3 Å². The van der Waals surface area contributed by atoms with E-state index >= 15 is 0 Å². The van der Waals surface area contributed by atoms with Crippen molar-refractivity contribution in [2.75, 3.05) is 6.54 Å². The number of carbonyl (C=O) groups excluding carboxylic acids is 1. The normalized spacial score (nSPS) is 10.9. The largest absolute Gasteiger partial charge is 0.334 e. The molecular weight excluding hydrogens is 302 g/mol. The van der Waals surface area contributed by atoms with Gasteiger partial charge in [-0.25, -0.2) is 0 Å². The molecule has 0 spiro atoms. The summed E-state index contributed by atoms with van der Waals surface area (Å²) in [6.45, 7) is 3.49. The van der Waals surface area contributed by atoms with E-state index in [0.717, 1.165) is 24.0 Å². The predicted molar refractivity (Wildman–Crippen MR) is 86.8 cm³/mol. The molecule has 0 bridgehead atoms. The Bertz CT molecular complexity index is 736. The molecule has 0 saturated carbocycles. The van der Waals surface area contributed by atoms with Crippen molar-refractivity contribution < 1.29 is 4.79 Å². The van der Waals surface area contributed by atoms with Gasteiger partial charge in [0.2, 0.25) is 0 Å². The number of thiophene rings is 1. The number of fused-ring (bicyclic) bond motifs is 1. The lowest BCUT2D eigenvalue weighted by molar-refractivity contribution is 0.0743. The molecule has 4 nitrogen and oxygen atoms in total. The summed E-state index contributed by atoms with van der Waals surface area (Å²) in [6.07, 6.45) is 0.941. The zero-order valence-corrected chi connectivity index (χ0v) is 13.3. The number of amides is 1. The van der Waals surface area contributed by atoms with Crippen molar-refractivity contribution in [3.63, 3.8) is 0 Å². The third kappa shape index (κ3) is 3.11. The summed E-state index contributed by atoms with van der Waals surface area (Å²) in [5, 5.41) is 4.13. The van der Waals surface area contributed by atoms with Crippen LogP contribution in [0.5, 0.6) is 0 Å². The van der Waals surface area contributed by atoms with Crippen molar-refractivity contribution in [1.29, 1.82) is 0 Å². The number of nitrogens with zero attached hydrogens (tertiary/aromatic N) is 3. The van der Waals surface area contributed by atoms with Crippen molar-refractivity contribution in [3.8, 4) is 0 Å². The smallest absolute Gasteiger partial charge is 0.254 e. The minimum absolute atomic E-state index is 0.0537. The third-order valence-electron chi connectivity index (χ3n) is 3.23. The first-order valence-corrected chi connectivity index (χ1v) is 8.48. The third-order valence-corrected chi connectivity index (χ3v) is 4.52. The molecule has 0 fully saturated rings. The zero-order chi connectivity index (χ0) is 14.7. The van der Waals surface area contributed by atoms with Gasteiger partial charge < -0.3 is 4.90 Å². The average Bonchev–Trinajstić information content (AvgIpc) is 3.16. The number of carbonyl (C=O) groups is 1. The molecule has 0 saturated heterocycles. The van der Waals surface area contributed by atoms with E-state index in [9.17, 15) is 4.79 Å². The highest BCUT2D eigenvalue weighted by molar-refractivity contribution is 7.07. The Morgan fingerprint density at radius 1 is 1.24 bits per heavy atom. The van der Waals surface area contributed by atoms with Gasteiger partial charge in [0, 0.05) is 18.7 Å². The first-order valence-electron chi connectivity index (χ1n) is 6.80. The second kappa shape index (κ2) is 6.32. The van der Waals surface area contributed by atoms with Crippen LogP contribution in [0.3, 0.4) is 0 Å². The first kappa shape index (κ1) is 14.2. The molecular formula is C15H15N3OS2. The van der Waals surface area contributed by atoms with Crippen LogP contribution in [0.4, 0.5) is 0 Å². The minimum atomic E-state index is 0.0537. The molecule has 3 rings (SSSR count). The highest BCUT2D eigenvalue weighted by Gasteiger charge is 2.16. The molecule has 108 valence electrons. The Labute approximate surface area is 131 Å². The van der Waals surface area contributed by atoms with Gasteiger partial charge in [0.15, 0.2) is 0 Å². The molecule has 0 N–H and O–H groups in total. The molecule has 0 atom stereocenters. The Hall–Kier alpha value is -1.79. The fourth-order valence-electron chi connectivity index (χ4n) is 2.22. The summed E-state index contributed by atoms with van der Waals surface area (Å²) in [7, 11) is 0. The van der Waals surface area contributed by atoms with Gasteiger partial charge in [-0.3, -0.25) is 4.79 Å². The number of benzene rings is 1. The molecule has 1 amide bonds. The van der Waals surface area contributed by atoms with E-state index in [4.69, 9.17) is 0 Å². The summed E-state index contributed by atoms with van der Waals surface area (Å²) in [5.74, 6) is 0.0537. The number of hydrogen-bond donors (Lipinski definition) is 0. The standard InChI is InChI=1S/C15H15N3OS2/c1-2-6-18(9-11-5-7-20-10-11)15(19)12-3-4-13-14(8-12)17-21-16-13/h3-5,7-8,10H,2,6,9H2,1H3. The van der Waals surface area contributed by atoms with Crippen molar-refractivity contribution in [2.24, 2.45) is 0 Å². The summed E-state index contributed by atoms with van der Waals surface area (Å²) < 4.78 is 8.37. The molecule has 3 aromatic rings. The highest BCUT2D eigenvalue weighted by Crippen LogP contribution is 2.17. The second-order valence-electron chi connectivity index (χ2n) is 4.83.